The van der Waals surface area contributed by atoms with Crippen molar-refractivity contribution in [2.45, 2.75) is 11.3 Å². The van der Waals surface area contributed by atoms with Crippen LogP contribution in [0.15, 0.2) is 53.7 Å². The van der Waals surface area contributed by atoms with Crippen molar-refractivity contribution in [3.05, 3.63) is 65.9 Å². The predicted molar refractivity (Wildman–Crippen MR) is 89.0 cm³/mol. The van der Waals surface area contributed by atoms with Crippen LogP contribution >= 0.6 is 0 Å². The molecule has 1 amide bonds. The third kappa shape index (κ3) is 4.01. The lowest BCUT2D eigenvalue weighted by Crippen LogP contribution is -2.26. The number of nitrogens with two attached hydrogens (primary N) is 1. The Morgan fingerprint density at radius 1 is 1.16 bits per heavy atom. The van der Waals surface area contributed by atoms with Crippen molar-refractivity contribution in [2.24, 2.45) is 5.14 Å². The van der Waals surface area contributed by atoms with E-state index in [1.54, 1.807) is 12.1 Å². The average molecular weight is 362 g/mol. The highest BCUT2D eigenvalue weighted by atomic mass is 32.2. The maximum absolute atomic E-state index is 13.1. The Labute approximate surface area is 143 Å². The van der Waals surface area contributed by atoms with Gasteiger partial charge in [-0.1, -0.05) is 12.1 Å². The van der Waals surface area contributed by atoms with Gasteiger partial charge in [0.1, 0.15) is 17.2 Å². The average Bonchev–Trinajstić information content (AvgIpc) is 2.97. The van der Waals surface area contributed by atoms with Crippen molar-refractivity contribution < 1.29 is 17.6 Å². The number of amides is 1. The molecule has 0 saturated carbocycles. The van der Waals surface area contributed by atoms with Gasteiger partial charge in [0.2, 0.25) is 10.0 Å². The minimum Gasteiger partial charge on any atom is -0.350 e. The summed E-state index contributed by atoms with van der Waals surface area (Å²) in [5.41, 5.74) is 1.52. The van der Waals surface area contributed by atoms with Crippen LogP contribution < -0.4 is 10.5 Å². The Balaban J connectivity index is 1.60. The fourth-order valence-corrected chi connectivity index (χ4v) is 2.85. The summed E-state index contributed by atoms with van der Waals surface area (Å²) < 4.78 is 37.0. The standard InChI is InChI=1S/C16H15FN4O3S/c17-12-3-6-15-20-14(10-21(15)9-12)16(22)19-8-7-11-1-4-13(5-2-11)25(18,23)24/h1-6,9-10H,7-8H2,(H,19,22)(H2,18,23,24). The molecule has 0 bridgehead atoms. The fraction of sp³-hybridized carbons (Fsp3) is 0.125. The molecule has 0 aliphatic rings. The molecule has 7 nitrogen and oxygen atoms in total. The van der Waals surface area contributed by atoms with Gasteiger partial charge < -0.3 is 9.72 Å². The van der Waals surface area contributed by atoms with Crippen LogP contribution in [-0.4, -0.2) is 30.3 Å². The molecule has 3 aromatic rings. The van der Waals surface area contributed by atoms with Crippen LogP contribution in [0.3, 0.4) is 0 Å². The molecule has 2 aromatic heterocycles. The molecule has 0 saturated heterocycles. The predicted octanol–water partition coefficient (Wildman–Crippen LogP) is 1.09. The number of benzene rings is 1. The first-order chi connectivity index (χ1) is 11.8. The zero-order valence-corrected chi connectivity index (χ0v) is 13.8. The largest absolute Gasteiger partial charge is 0.350 e. The van der Waals surface area contributed by atoms with Crippen molar-refractivity contribution in [3.8, 4) is 0 Å². The number of imidazole rings is 1. The monoisotopic (exact) mass is 362 g/mol. The maximum Gasteiger partial charge on any atom is 0.271 e. The van der Waals surface area contributed by atoms with Gasteiger partial charge in [-0.05, 0) is 36.2 Å². The summed E-state index contributed by atoms with van der Waals surface area (Å²) in [5, 5.41) is 7.75. The molecule has 3 N–H and O–H groups in total. The number of nitrogens with zero attached hydrogens (tertiary/aromatic N) is 2. The molecule has 1 aromatic carbocycles. The first-order valence-electron chi connectivity index (χ1n) is 7.37. The number of hydrogen-bond acceptors (Lipinski definition) is 4. The number of carbonyl (C=O) groups excluding carboxylic acids is 1. The van der Waals surface area contributed by atoms with Crippen LogP contribution in [0.1, 0.15) is 16.1 Å². The number of primary sulfonamides is 1. The van der Waals surface area contributed by atoms with Crippen molar-refractivity contribution >= 4 is 21.6 Å². The molecule has 3 rings (SSSR count). The van der Waals surface area contributed by atoms with Crippen LogP contribution in [0.5, 0.6) is 0 Å². The van der Waals surface area contributed by atoms with Gasteiger partial charge in [0.25, 0.3) is 5.91 Å². The Morgan fingerprint density at radius 2 is 1.88 bits per heavy atom. The van der Waals surface area contributed by atoms with Crippen LogP contribution in [0, 0.1) is 5.82 Å². The molecule has 0 fully saturated rings. The summed E-state index contributed by atoms with van der Waals surface area (Å²) in [6.07, 6.45) is 3.21. The first kappa shape index (κ1) is 17.1. The van der Waals surface area contributed by atoms with Crippen molar-refractivity contribution in [1.82, 2.24) is 14.7 Å². The molecular weight excluding hydrogens is 347 g/mol. The summed E-state index contributed by atoms with van der Waals surface area (Å²) in [4.78, 5) is 16.3. The number of sulfonamides is 1. The topological polar surface area (TPSA) is 107 Å². The van der Waals surface area contributed by atoms with Crippen molar-refractivity contribution in [2.75, 3.05) is 6.54 Å². The van der Waals surface area contributed by atoms with Gasteiger partial charge in [-0.25, -0.2) is 22.9 Å². The third-order valence-electron chi connectivity index (χ3n) is 3.60. The molecule has 0 unspecified atom stereocenters. The van der Waals surface area contributed by atoms with E-state index in [2.05, 4.69) is 10.3 Å². The van der Waals surface area contributed by atoms with E-state index in [4.69, 9.17) is 5.14 Å². The van der Waals surface area contributed by atoms with Crippen LogP contribution in [0.2, 0.25) is 0 Å². The molecule has 0 aliphatic heterocycles. The second-order valence-corrected chi connectivity index (χ2v) is 7.00. The van der Waals surface area contributed by atoms with Gasteiger partial charge in [0.15, 0.2) is 0 Å². The van der Waals surface area contributed by atoms with E-state index < -0.39 is 15.8 Å². The van der Waals surface area contributed by atoms with Gasteiger partial charge >= 0.3 is 0 Å². The molecule has 9 heteroatoms. The van der Waals surface area contributed by atoms with Crippen LogP contribution in [-0.2, 0) is 16.4 Å². The van der Waals surface area contributed by atoms with E-state index in [-0.39, 0.29) is 16.5 Å². The SMILES string of the molecule is NS(=O)(=O)c1ccc(CCNC(=O)c2cn3cc(F)ccc3n2)cc1. The number of rotatable bonds is 5. The highest BCUT2D eigenvalue weighted by Gasteiger charge is 2.11. The molecule has 2 heterocycles. The summed E-state index contributed by atoms with van der Waals surface area (Å²) in [6.45, 7) is 0.343. The number of pyridine rings is 1. The lowest BCUT2D eigenvalue weighted by molar-refractivity contribution is 0.0949. The van der Waals surface area contributed by atoms with Crippen molar-refractivity contribution in [3.63, 3.8) is 0 Å². The van der Waals surface area contributed by atoms with Crippen LogP contribution in [0.4, 0.5) is 4.39 Å². The van der Waals surface area contributed by atoms with Gasteiger partial charge in [-0.15, -0.1) is 0 Å². The molecule has 0 radical (unpaired) electrons. The lowest BCUT2D eigenvalue weighted by atomic mass is 10.1. The second kappa shape index (κ2) is 6.61. The van der Waals surface area contributed by atoms with Gasteiger partial charge in [0, 0.05) is 18.9 Å². The maximum atomic E-state index is 13.1. The number of halogens is 1. The minimum atomic E-state index is -3.71. The quantitative estimate of drug-likeness (QED) is 0.708. The highest BCUT2D eigenvalue weighted by Crippen LogP contribution is 2.09. The third-order valence-corrected chi connectivity index (χ3v) is 4.53. The lowest BCUT2D eigenvalue weighted by Gasteiger charge is -2.04. The van der Waals surface area contributed by atoms with E-state index >= 15 is 0 Å². The zero-order chi connectivity index (χ0) is 18.0. The van der Waals surface area contributed by atoms with Crippen LogP contribution in [0.25, 0.3) is 5.65 Å². The summed E-state index contributed by atoms with van der Waals surface area (Å²) in [7, 11) is -3.71. The smallest absolute Gasteiger partial charge is 0.271 e. The number of fused-ring (bicyclic) bond motifs is 1. The highest BCUT2D eigenvalue weighted by molar-refractivity contribution is 7.89. The van der Waals surface area contributed by atoms with E-state index in [0.717, 1.165) is 5.56 Å². The Hall–Kier alpha value is -2.78. The molecule has 25 heavy (non-hydrogen) atoms. The van der Waals surface area contributed by atoms with E-state index in [1.165, 1.54) is 41.1 Å². The molecule has 0 atom stereocenters. The fourth-order valence-electron chi connectivity index (χ4n) is 2.33. The zero-order valence-electron chi connectivity index (χ0n) is 13.0. The number of carbonyl (C=O) groups is 1. The van der Waals surface area contributed by atoms with E-state index in [9.17, 15) is 17.6 Å². The second-order valence-electron chi connectivity index (χ2n) is 5.43. The van der Waals surface area contributed by atoms with Crippen molar-refractivity contribution in [1.29, 1.82) is 0 Å². The number of nitrogens with one attached hydrogen (secondary N) is 1. The number of hydrogen-bond donors (Lipinski definition) is 2. The minimum absolute atomic E-state index is 0.0391. The molecular formula is C16H15FN4O3S. The number of aromatic nitrogens is 2. The van der Waals surface area contributed by atoms with Gasteiger partial charge in [0.05, 0.1) is 4.90 Å². The molecule has 0 spiro atoms. The Bertz CT molecular complexity index is 1030. The summed E-state index contributed by atoms with van der Waals surface area (Å²) in [6, 6.07) is 8.87. The van der Waals surface area contributed by atoms with Gasteiger partial charge in [-0.2, -0.15) is 0 Å². The summed E-state index contributed by atoms with van der Waals surface area (Å²) >= 11 is 0. The Kier molecular flexibility index (Phi) is 4.51. The first-order valence-corrected chi connectivity index (χ1v) is 8.92. The molecule has 0 aliphatic carbocycles. The molecule has 130 valence electrons. The van der Waals surface area contributed by atoms with Gasteiger partial charge in [-0.3, -0.25) is 4.79 Å². The van der Waals surface area contributed by atoms with E-state index in [1.807, 2.05) is 0 Å². The Morgan fingerprint density at radius 3 is 2.56 bits per heavy atom. The normalized spacial score (nSPS) is 11.6. The summed E-state index contributed by atoms with van der Waals surface area (Å²) in [5.74, 6) is -0.787. The van der Waals surface area contributed by atoms with E-state index in [0.29, 0.717) is 18.6 Å².